The average molecular weight is 1690 g/mol. The maximum absolute atomic E-state index is 13.5. The maximum Gasteiger partial charge on any atom is 0.294 e. The van der Waals surface area contributed by atoms with Gasteiger partial charge in [0.15, 0.2) is 17.0 Å². The summed E-state index contributed by atoms with van der Waals surface area (Å²) in [6, 6.07) is 45.5. The Hall–Kier alpha value is -13.3. The minimum atomic E-state index is -4.50. The van der Waals surface area contributed by atoms with E-state index in [2.05, 4.69) is 81.2 Å². The van der Waals surface area contributed by atoms with E-state index in [9.17, 15) is 45.1 Å². The Kier molecular flexibility index (Phi) is 25.4. The van der Waals surface area contributed by atoms with Crippen LogP contribution >= 0.6 is 0 Å². The number of aryl methyl sites for hydroxylation is 2. The lowest BCUT2D eigenvalue weighted by Crippen LogP contribution is -2.39. The van der Waals surface area contributed by atoms with Gasteiger partial charge < -0.3 is 62.8 Å². The Balaban J connectivity index is 0.000000210. The molecule has 0 spiro atoms. The van der Waals surface area contributed by atoms with Gasteiger partial charge in [0.05, 0.1) is 27.9 Å². The molecular weight excluding hydrogens is 1590 g/mol. The van der Waals surface area contributed by atoms with E-state index in [-0.39, 0.29) is 64.4 Å². The number of fused-ring (bicyclic) bond motifs is 6. The van der Waals surface area contributed by atoms with E-state index in [1.165, 1.54) is 30.6 Å². The summed E-state index contributed by atoms with van der Waals surface area (Å²) in [6.45, 7) is 15.0. The molecule has 30 nitrogen and oxygen atoms in total. The number of carbonyl (C=O) groups excluding carboxylic acids is 4. The number of rotatable bonds is 29. The van der Waals surface area contributed by atoms with Crippen molar-refractivity contribution in [1.82, 2.24) is 55.8 Å². The van der Waals surface area contributed by atoms with Gasteiger partial charge in [0, 0.05) is 131 Å². The van der Waals surface area contributed by atoms with E-state index in [0.29, 0.717) is 153 Å². The van der Waals surface area contributed by atoms with Gasteiger partial charge in [0.2, 0.25) is 52.2 Å². The van der Waals surface area contributed by atoms with Crippen molar-refractivity contribution in [1.29, 1.82) is 0 Å². The van der Waals surface area contributed by atoms with Crippen molar-refractivity contribution in [2.75, 3.05) is 40.5 Å². The molecule has 12 aromatic rings. The number of aromatic nitrogens is 9. The zero-order valence-electron chi connectivity index (χ0n) is 68.5. The molecule has 1 atom stereocenters. The molecule has 4 amide bonds. The van der Waals surface area contributed by atoms with Crippen LogP contribution in [-0.2, 0) is 78.3 Å². The van der Waals surface area contributed by atoms with Crippen molar-refractivity contribution in [2.24, 2.45) is 5.92 Å². The molecule has 32 heteroatoms. The number of likely N-dealkylation sites (N-methyl/N-ethyl adjacent to an activating group) is 1. The largest absolute Gasteiger partial charge is 0.471 e. The molecule has 1 saturated carbocycles. The number of nitrogens with zero attached hydrogens (tertiary/aromatic N) is 9. The first-order valence-electron chi connectivity index (χ1n) is 40.4. The van der Waals surface area contributed by atoms with Crippen LogP contribution in [0.15, 0.2) is 210 Å². The molecule has 14 N–H and O–H groups in total. The molecule has 122 heavy (non-hydrogen) atoms. The van der Waals surface area contributed by atoms with Crippen LogP contribution in [0.2, 0.25) is 0 Å². The van der Waals surface area contributed by atoms with Crippen molar-refractivity contribution in [2.45, 2.75) is 159 Å². The summed E-state index contributed by atoms with van der Waals surface area (Å²) in [5.74, 6) is 0.815. The van der Waals surface area contributed by atoms with E-state index < -0.39 is 31.1 Å². The molecule has 7 heterocycles. The summed E-state index contributed by atoms with van der Waals surface area (Å²) in [5.41, 5.74) is 32.2. The molecule has 2 aliphatic heterocycles. The number of H-pyrrole nitrogens is 2. The molecular formula is C90H98N18O12S2+2. The summed E-state index contributed by atoms with van der Waals surface area (Å²) in [5, 5.41) is 14.3. The van der Waals surface area contributed by atoms with Crippen LogP contribution in [0.25, 0.3) is 44.1 Å². The number of imidazole rings is 2. The second kappa shape index (κ2) is 36.3. The van der Waals surface area contributed by atoms with Gasteiger partial charge in [-0.25, -0.2) is 15.0 Å². The summed E-state index contributed by atoms with van der Waals surface area (Å²) >= 11 is 0. The number of carbonyl (C=O) groups is 4. The average Bonchev–Trinajstić information content (AvgIpc) is 1.57. The highest BCUT2D eigenvalue weighted by molar-refractivity contribution is 7.86. The number of ether oxygens (including phenoxy) is 2. The maximum atomic E-state index is 13.5. The third kappa shape index (κ3) is 19.4. The fourth-order valence-electron chi connectivity index (χ4n) is 16.3. The lowest BCUT2D eigenvalue weighted by atomic mass is 9.77. The molecule has 0 radical (unpaired) electrons. The minimum Gasteiger partial charge on any atom is -0.471 e. The van der Waals surface area contributed by atoms with Gasteiger partial charge in [-0.3, -0.25) is 28.3 Å². The van der Waals surface area contributed by atoms with Crippen LogP contribution < -0.4 is 57.4 Å². The fourth-order valence-corrected chi connectivity index (χ4v) is 17.3. The number of hydrogen-bond acceptors (Lipinski definition) is 20. The van der Waals surface area contributed by atoms with Crippen molar-refractivity contribution in [3.8, 4) is 11.8 Å². The highest BCUT2D eigenvalue weighted by Crippen LogP contribution is 2.51. The fraction of sp³-hybridized carbons (Fsp3) is 0.289. The molecule has 1 unspecified atom stereocenters. The van der Waals surface area contributed by atoms with E-state index in [1.54, 1.807) is 37.5 Å². The standard InChI is InChI=1S/C51H59N9O9S2.C39H37N9O3/c1-6-59-40-25-23-36(70(63,64)65)28-38(40)50(3,4)42(59)12-9-8-10-13-43-51(5,39-29-37(71(66,67)68)24-26-41(39)60(43)7-2)27-11-14-44(61)55-34-21-17-33(18-22-34)47(62)56-35-19-15-32(16-20-35)30-69-48-45-46(54-31-53-45)57-49(52)58-48;1-24-46-37-36(44-23-45-37)39(47-24)51-22-27-6-4-25(5-7-27)21-43-38(50)28-10-8-26(9-11-28)20-42-35(49)3-2-16-48-33-18-31(40)14-12-29(33)17-30-13-15-32(41)19-34(30)48/h8-10,12-13,15-16,19-20,23-26,28-29,31,33-34H,6-7,11,14,17-18,21-22,27,30H2,1-5H3,(H6-,52,53,54,55,56,57,58,61,62,63,64,65,66,67,68);4-15,17-19,23H,2-3,16,20-22H2,1H3,(H6,40,41,42,43,44,45,46,47,49,50)/p+2. The number of aromatic amines is 2. The first kappa shape index (κ1) is 85.1. The van der Waals surface area contributed by atoms with Crippen LogP contribution in [0.4, 0.5) is 34.4 Å². The number of hydrogen-bond donors (Lipinski definition) is 11. The van der Waals surface area contributed by atoms with E-state index in [1.807, 2.05) is 162 Å². The van der Waals surface area contributed by atoms with Crippen LogP contribution in [0.5, 0.6) is 11.8 Å². The molecule has 1 aliphatic carbocycles. The second-order valence-electron chi connectivity index (χ2n) is 31.3. The monoisotopic (exact) mass is 1690 g/mol. The molecule has 3 aliphatic rings. The van der Waals surface area contributed by atoms with Gasteiger partial charge in [0.1, 0.15) is 43.2 Å². The number of pyridine rings is 1. The van der Waals surface area contributed by atoms with Crippen LogP contribution in [0.1, 0.15) is 142 Å². The summed E-state index contributed by atoms with van der Waals surface area (Å²) in [6.07, 6.45) is 17.6. The molecule has 15 rings (SSSR count). The van der Waals surface area contributed by atoms with Crippen molar-refractivity contribution >= 4 is 128 Å². The molecule has 630 valence electrons. The quantitative estimate of drug-likeness (QED) is 0.00682. The van der Waals surface area contributed by atoms with Gasteiger partial charge in [-0.15, -0.1) is 0 Å². The predicted octanol–water partition coefficient (Wildman–Crippen LogP) is 12.7. The summed E-state index contributed by atoms with van der Waals surface area (Å²) in [7, 11) is -8.88. The number of benzene rings is 7. The van der Waals surface area contributed by atoms with Gasteiger partial charge in [-0.1, -0.05) is 66.8 Å². The Morgan fingerprint density at radius 3 is 1.82 bits per heavy atom. The lowest BCUT2D eigenvalue weighted by Gasteiger charge is -2.30. The SMILES string of the molecule is CCN1/C(=C/C=C/C=C/C2=[N+](CC)c3ccc(S(=O)(=O)O)cc3C2(C)C)C(C)(CCCC(=O)NC2CCC(C(=O)Nc3ccc(COc4nc(N)nc5nc[nH]c45)cc3)CC2)c2cc(S(=O)(=O)O)ccc21.Cc1nc(OCc2ccc(CNC(=O)c3ccc(CNC(=O)CCC[n+]4c5cc(N)ccc5cc5ccc(N)cc54)cc3)cc2)c2[nH]cnc2n1. The highest BCUT2D eigenvalue weighted by Gasteiger charge is 2.46. The van der Waals surface area contributed by atoms with Crippen molar-refractivity contribution in [3.63, 3.8) is 0 Å². The number of amides is 4. The number of allylic oxidation sites excluding steroid dienone is 6. The summed E-state index contributed by atoms with van der Waals surface area (Å²) in [4.78, 5) is 85.2. The molecule has 5 aromatic heterocycles. The number of nitrogens with two attached hydrogens (primary N) is 3. The molecule has 0 bridgehead atoms. The first-order chi connectivity index (χ1) is 58.5. The normalized spacial score (nSPS) is 16.7. The van der Waals surface area contributed by atoms with Crippen molar-refractivity contribution in [3.05, 3.63) is 245 Å². The van der Waals surface area contributed by atoms with Crippen LogP contribution in [0, 0.1) is 12.8 Å². The van der Waals surface area contributed by atoms with Gasteiger partial charge in [-0.2, -0.15) is 40.9 Å². The summed E-state index contributed by atoms with van der Waals surface area (Å²) < 4.78 is 84.5. The molecule has 1 fully saturated rings. The van der Waals surface area contributed by atoms with E-state index in [0.717, 1.165) is 78.0 Å². The smallest absolute Gasteiger partial charge is 0.294 e. The third-order valence-corrected chi connectivity index (χ3v) is 24.3. The zero-order valence-corrected chi connectivity index (χ0v) is 70.1. The van der Waals surface area contributed by atoms with Gasteiger partial charge in [-0.05, 0) is 199 Å². The number of nitrogens with one attached hydrogen (secondary N) is 6. The zero-order chi connectivity index (χ0) is 86.2. The van der Waals surface area contributed by atoms with E-state index >= 15 is 0 Å². The Bertz CT molecular complexity index is 6300. The third-order valence-electron chi connectivity index (χ3n) is 22.7. The van der Waals surface area contributed by atoms with Gasteiger partial charge >= 0.3 is 0 Å². The Labute approximate surface area is 705 Å². The molecule has 7 aromatic carbocycles. The Morgan fingerprint density at radius 2 is 1.20 bits per heavy atom. The van der Waals surface area contributed by atoms with Crippen molar-refractivity contribution < 1.29 is 63.7 Å². The van der Waals surface area contributed by atoms with Gasteiger partial charge in [0.25, 0.3) is 26.1 Å². The second-order valence-corrected chi connectivity index (χ2v) is 34.2. The van der Waals surface area contributed by atoms with Crippen LogP contribution in [-0.4, -0.2) is 119 Å². The minimum absolute atomic E-state index is 0.0437. The van der Waals surface area contributed by atoms with Crippen LogP contribution in [0.3, 0.4) is 0 Å². The predicted molar refractivity (Wildman–Crippen MR) is 467 cm³/mol. The lowest BCUT2D eigenvalue weighted by molar-refractivity contribution is -0.645. The molecule has 0 saturated heterocycles. The highest BCUT2D eigenvalue weighted by atomic mass is 32.2. The van der Waals surface area contributed by atoms with E-state index in [4.69, 9.17) is 26.7 Å². The number of anilines is 5. The first-order valence-corrected chi connectivity index (χ1v) is 43.3. The number of nitrogen functional groups attached to an aromatic ring is 3. The topological polar surface area (TPSA) is 441 Å². The Morgan fingerprint density at radius 1 is 0.623 bits per heavy atom.